The van der Waals surface area contributed by atoms with Crippen molar-refractivity contribution in [3.8, 4) is 0 Å². The standard InChI is InChI=1S/C9H12BrNO3S/c1-7-2-3-8(6-9(7)10)15(13,14)11-4-5-12/h2-3,6,11-12H,4-5H2,1H3. The monoisotopic (exact) mass is 293 g/mol. The highest BCUT2D eigenvalue weighted by Crippen LogP contribution is 2.20. The van der Waals surface area contributed by atoms with Gasteiger partial charge in [-0.1, -0.05) is 22.0 Å². The van der Waals surface area contributed by atoms with Crippen LogP contribution >= 0.6 is 15.9 Å². The molecule has 84 valence electrons. The van der Waals surface area contributed by atoms with Gasteiger partial charge in [0.1, 0.15) is 0 Å². The molecule has 2 N–H and O–H groups in total. The number of aliphatic hydroxyl groups is 1. The van der Waals surface area contributed by atoms with E-state index in [1.807, 2.05) is 6.92 Å². The SMILES string of the molecule is Cc1ccc(S(=O)(=O)NCCO)cc1Br. The number of rotatable bonds is 4. The predicted octanol–water partition coefficient (Wildman–Crippen LogP) is 1.03. The number of halogens is 1. The van der Waals surface area contributed by atoms with Crippen LogP contribution in [0.2, 0.25) is 0 Å². The van der Waals surface area contributed by atoms with E-state index in [9.17, 15) is 8.42 Å². The van der Waals surface area contributed by atoms with Crippen molar-refractivity contribution in [2.45, 2.75) is 11.8 Å². The summed E-state index contributed by atoms with van der Waals surface area (Å²) in [7, 11) is -3.50. The second-order valence-corrected chi connectivity index (χ2v) is 5.65. The van der Waals surface area contributed by atoms with E-state index in [1.165, 1.54) is 12.1 Å². The van der Waals surface area contributed by atoms with E-state index >= 15 is 0 Å². The van der Waals surface area contributed by atoms with Crippen LogP contribution in [0.4, 0.5) is 0 Å². The van der Waals surface area contributed by atoms with Gasteiger partial charge in [-0.05, 0) is 24.6 Å². The first-order valence-corrected chi connectivity index (χ1v) is 6.61. The van der Waals surface area contributed by atoms with Gasteiger partial charge in [-0.25, -0.2) is 13.1 Å². The summed E-state index contributed by atoms with van der Waals surface area (Å²) in [5.74, 6) is 0. The third-order valence-corrected chi connectivity index (χ3v) is 4.17. The van der Waals surface area contributed by atoms with Crippen molar-refractivity contribution in [1.82, 2.24) is 4.72 Å². The number of hydrogen-bond acceptors (Lipinski definition) is 3. The van der Waals surface area contributed by atoms with Crippen molar-refractivity contribution in [1.29, 1.82) is 0 Å². The summed E-state index contributed by atoms with van der Waals surface area (Å²) >= 11 is 3.27. The second-order valence-electron chi connectivity index (χ2n) is 3.03. The average molecular weight is 294 g/mol. The second kappa shape index (κ2) is 5.07. The van der Waals surface area contributed by atoms with Crippen LogP contribution in [0.5, 0.6) is 0 Å². The van der Waals surface area contributed by atoms with Gasteiger partial charge in [-0.2, -0.15) is 0 Å². The van der Waals surface area contributed by atoms with E-state index in [0.29, 0.717) is 0 Å². The van der Waals surface area contributed by atoms with Crippen LogP contribution in [0.3, 0.4) is 0 Å². The number of nitrogens with one attached hydrogen (secondary N) is 1. The van der Waals surface area contributed by atoms with Gasteiger partial charge in [-0.15, -0.1) is 0 Å². The van der Waals surface area contributed by atoms with Crippen LogP contribution in [0, 0.1) is 6.92 Å². The van der Waals surface area contributed by atoms with Gasteiger partial charge >= 0.3 is 0 Å². The molecule has 0 aliphatic carbocycles. The molecule has 0 atom stereocenters. The summed E-state index contributed by atoms with van der Waals surface area (Å²) in [5, 5.41) is 8.54. The quantitative estimate of drug-likeness (QED) is 0.871. The summed E-state index contributed by atoms with van der Waals surface area (Å²) in [6, 6.07) is 4.78. The molecule has 4 nitrogen and oxygen atoms in total. The summed E-state index contributed by atoms with van der Waals surface area (Å²) in [6.45, 7) is 1.68. The highest BCUT2D eigenvalue weighted by molar-refractivity contribution is 9.10. The fraction of sp³-hybridized carbons (Fsp3) is 0.333. The number of sulfonamides is 1. The van der Waals surface area contributed by atoms with E-state index in [-0.39, 0.29) is 18.0 Å². The molecule has 0 spiro atoms. The van der Waals surface area contributed by atoms with Gasteiger partial charge in [-0.3, -0.25) is 0 Å². The molecular weight excluding hydrogens is 282 g/mol. The normalized spacial score (nSPS) is 11.7. The Hall–Kier alpha value is -0.430. The van der Waals surface area contributed by atoms with E-state index in [0.717, 1.165) is 10.0 Å². The Kier molecular flexibility index (Phi) is 4.27. The predicted molar refractivity (Wildman–Crippen MR) is 61.2 cm³/mol. The Morgan fingerprint density at radius 1 is 1.47 bits per heavy atom. The molecule has 15 heavy (non-hydrogen) atoms. The van der Waals surface area contributed by atoms with Crippen molar-refractivity contribution in [2.24, 2.45) is 0 Å². The first-order chi connectivity index (χ1) is 6.97. The summed E-state index contributed by atoms with van der Waals surface area (Å²) < 4.78 is 26.2. The van der Waals surface area contributed by atoms with Crippen LogP contribution in [-0.2, 0) is 10.0 Å². The van der Waals surface area contributed by atoms with Crippen LogP contribution in [-0.4, -0.2) is 26.7 Å². The fourth-order valence-electron chi connectivity index (χ4n) is 1.00. The Bertz CT molecular complexity index is 445. The van der Waals surface area contributed by atoms with Gasteiger partial charge in [0.2, 0.25) is 10.0 Å². The summed E-state index contributed by atoms with van der Waals surface area (Å²) in [6.07, 6.45) is 0. The average Bonchev–Trinajstić information content (AvgIpc) is 2.19. The smallest absolute Gasteiger partial charge is 0.240 e. The maximum absolute atomic E-state index is 11.6. The first-order valence-electron chi connectivity index (χ1n) is 4.34. The first kappa shape index (κ1) is 12.6. The molecule has 0 heterocycles. The van der Waals surface area contributed by atoms with Crippen LogP contribution in [0.15, 0.2) is 27.6 Å². The third-order valence-electron chi connectivity index (χ3n) is 1.86. The zero-order valence-corrected chi connectivity index (χ0v) is 10.6. The molecule has 1 rings (SSSR count). The van der Waals surface area contributed by atoms with Crippen molar-refractivity contribution >= 4 is 26.0 Å². The molecule has 0 aliphatic heterocycles. The highest BCUT2D eigenvalue weighted by atomic mass is 79.9. The minimum absolute atomic E-state index is 0.0217. The zero-order chi connectivity index (χ0) is 11.5. The zero-order valence-electron chi connectivity index (χ0n) is 8.20. The summed E-state index contributed by atoms with van der Waals surface area (Å²) in [5.41, 5.74) is 0.969. The van der Waals surface area contributed by atoms with Crippen LogP contribution < -0.4 is 4.72 Å². The third kappa shape index (κ3) is 3.27. The molecule has 0 bridgehead atoms. The van der Waals surface area contributed by atoms with E-state index < -0.39 is 10.0 Å². The molecule has 0 unspecified atom stereocenters. The van der Waals surface area contributed by atoms with Gasteiger partial charge in [0, 0.05) is 11.0 Å². The number of aryl methyl sites for hydroxylation is 1. The molecule has 1 aromatic rings. The van der Waals surface area contributed by atoms with E-state index in [2.05, 4.69) is 20.7 Å². The maximum atomic E-state index is 11.6. The Morgan fingerprint density at radius 3 is 2.67 bits per heavy atom. The summed E-state index contributed by atoms with van der Waals surface area (Å²) in [4.78, 5) is 0.188. The van der Waals surface area contributed by atoms with Crippen molar-refractivity contribution < 1.29 is 13.5 Å². The lowest BCUT2D eigenvalue weighted by Crippen LogP contribution is -2.26. The maximum Gasteiger partial charge on any atom is 0.240 e. The minimum atomic E-state index is -3.50. The van der Waals surface area contributed by atoms with Crippen molar-refractivity contribution in [3.05, 3.63) is 28.2 Å². The molecule has 6 heteroatoms. The topological polar surface area (TPSA) is 66.4 Å². The Balaban J connectivity index is 3.00. The van der Waals surface area contributed by atoms with Crippen LogP contribution in [0.25, 0.3) is 0 Å². The molecule has 0 amide bonds. The lowest BCUT2D eigenvalue weighted by Gasteiger charge is -2.06. The molecule has 0 fully saturated rings. The number of benzene rings is 1. The molecular formula is C9H12BrNO3S. The molecule has 0 radical (unpaired) electrons. The molecule has 0 saturated carbocycles. The van der Waals surface area contributed by atoms with Gasteiger partial charge in [0.05, 0.1) is 11.5 Å². The van der Waals surface area contributed by atoms with E-state index in [1.54, 1.807) is 6.07 Å². The fourth-order valence-corrected chi connectivity index (χ4v) is 2.58. The number of aliphatic hydroxyl groups excluding tert-OH is 1. The van der Waals surface area contributed by atoms with Gasteiger partial charge in [0.15, 0.2) is 0 Å². The van der Waals surface area contributed by atoms with Gasteiger partial charge in [0.25, 0.3) is 0 Å². The molecule has 0 saturated heterocycles. The Morgan fingerprint density at radius 2 is 2.13 bits per heavy atom. The minimum Gasteiger partial charge on any atom is -0.395 e. The molecule has 1 aromatic carbocycles. The largest absolute Gasteiger partial charge is 0.395 e. The Labute approximate surface area is 97.5 Å². The molecule has 0 aliphatic rings. The molecule has 0 aromatic heterocycles. The lowest BCUT2D eigenvalue weighted by molar-refractivity contribution is 0.301. The van der Waals surface area contributed by atoms with Crippen molar-refractivity contribution in [3.63, 3.8) is 0 Å². The number of hydrogen-bond donors (Lipinski definition) is 2. The lowest BCUT2D eigenvalue weighted by atomic mass is 10.2. The van der Waals surface area contributed by atoms with Gasteiger partial charge < -0.3 is 5.11 Å². The van der Waals surface area contributed by atoms with Crippen molar-refractivity contribution in [2.75, 3.05) is 13.2 Å². The van der Waals surface area contributed by atoms with E-state index in [4.69, 9.17) is 5.11 Å². The van der Waals surface area contributed by atoms with Crippen LogP contribution in [0.1, 0.15) is 5.56 Å². The highest BCUT2D eigenvalue weighted by Gasteiger charge is 2.13.